The summed E-state index contributed by atoms with van der Waals surface area (Å²) in [5.41, 5.74) is 0.822. The average molecular weight is 330 g/mol. The van der Waals surface area contributed by atoms with Crippen LogP contribution in [0, 0.1) is 6.92 Å². The normalized spacial score (nSPS) is 30.8. The number of benzene rings is 1. The highest BCUT2D eigenvalue weighted by Crippen LogP contribution is 2.39. The molecule has 0 aromatic heterocycles. The van der Waals surface area contributed by atoms with Crippen molar-refractivity contribution in [3.63, 3.8) is 0 Å². The molecular weight excluding hydrogens is 308 g/mol. The van der Waals surface area contributed by atoms with E-state index in [2.05, 4.69) is 0 Å². The average Bonchev–Trinajstić information content (AvgIpc) is 2.54. The van der Waals surface area contributed by atoms with Gasteiger partial charge in [-0.1, -0.05) is 0 Å². The first kappa shape index (κ1) is 17.8. The van der Waals surface area contributed by atoms with Crippen LogP contribution in [-0.4, -0.2) is 72.0 Å². The van der Waals surface area contributed by atoms with Crippen LogP contribution in [0.25, 0.3) is 0 Å². The summed E-state index contributed by atoms with van der Waals surface area (Å²) in [7, 11) is 2.92. The van der Waals surface area contributed by atoms with Gasteiger partial charge in [-0.2, -0.15) is 0 Å². The molecule has 2 rings (SSSR count). The molecule has 0 spiro atoms. The van der Waals surface area contributed by atoms with E-state index in [4.69, 9.17) is 18.9 Å². The second-order valence-corrected chi connectivity index (χ2v) is 5.31. The fourth-order valence-electron chi connectivity index (χ4n) is 2.44. The van der Waals surface area contributed by atoms with Crippen LogP contribution in [0.2, 0.25) is 0 Å². The highest BCUT2D eigenvalue weighted by Gasteiger charge is 2.45. The maximum atomic E-state index is 10.0. The molecule has 0 radical (unpaired) electrons. The van der Waals surface area contributed by atoms with Gasteiger partial charge < -0.3 is 39.4 Å². The summed E-state index contributed by atoms with van der Waals surface area (Å²) in [6.45, 7) is 1.29. The van der Waals surface area contributed by atoms with Crippen LogP contribution >= 0.6 is 0 Å². The monoisotopic (exact) mass is 330 g/mol. The molecule has 0 bridgehead atoms. The largest absolute Gasteiger partial charge is 0.493 e. The first-order valence-electron chi connectivity index (χ1n) is 7.12. The molecule has 8 heteroatoms. The van der Waals surface area contributed by atoms with Gasteiger partial charge in [0.25, 0.3) is 0 Å². The quantitative estimate of drug-likeness (QED) is 0.554. The lowest BCUT2D eigenvalue weighted by atomic mass is 9.99. The van der Waals surface area contributed by atoms with Crippen LogP contribution in [-0.2, 0) is 4.74 Å². The maximum absolute atomic E-state index is 10.0. The topological polar surface area (TPSA) is 118 Å². The van der Waals surface area contributed by atoms with Gasteiger partial charge in [0.2, 0.25) is 12.0 Å². The van der Waals surface area contributed by atoms with Crippen molar-refractivity contribution in [3.8, 4) is 17.2 Å². The predicted octanol–water partition coefficient (Wildman–Crippen LogP) is -0.809. The summed E-state index contributed by atoms with van der Waals surface area (Å²) < 4.78 is 21.4. The Bertz CT molecular complexity index is 532. The van der Waals surface area contributed by atoms with Crippen molar-refractivity contribution in [2.45, 2.75) is 37.6 Å². The van der Waals surface area contributed by atoms with Gasteiger partial charge in [-0.3, -0.25) is 0 Å². The summed E-state index contributed by atoms with van der Waals surface area (Å²) in [5, 5.41) is 38.8. The number of hydrogen-bond donors (Lipinski definition) is 4. The van der Waals surface area contributed by atoms with Crippen molar-refractivity contribution in [2.75, 3.05) is 20.8 Å². The summed E-state index contributed by atoms with van der Waals surface area (Å²) in [6.07, 6.45) is -6.78. The van der Waals surface area contributed by atoms with Gasteiger partial charge in [-0.05, 0) is 24.6 Å². The number of rotatable bonds is 5. The molecule has 0 unspecified atom stereocenters. The number of aryl methyl sites for hydroxylation is 1. The van der Waals surface area contributed by atoms with Crippen LogP contribution in [0.5, 0.6) is 17.2 Å². The van der Waals surface area contributed by atoms with Crippen molar-refractivity contribution in [1.82, 2.24) is 0 Å². The summed E-state index contributed by atoms with van der Waals surface area (Å²) in [5.74, 6) is 0.982. The molecule has 23 heavy (non-hydrogen) atoms. The lowest BCUT2D eigenvalue weighted by Crippen LogP contribution is -2.60. The standard InChI is InChI=1S/C15H22O8/c1-7-4-8(20-2)14(21-3)9(5-7)22-15-13(19)12(18)11(17)10(6-16)23-15/h4-5,10-13,15-19H,6H2,1-3H3/t10-,11-,12+,13-,15+/m1/s1. The summed E-state index contributed by atoms with van der Waals surface area (Å²) in [6, 6.07) is 3.40. The maximum Gasteiger partial charge on any atom is 0.229 e. The van der Waals surface area contributed by atoms with Gasteiger partial charge in [0.1, 0.15) is 24.4 Å². The smallest absolute Gasteiger partial charge is 0.229 e. The minimum Gasteiger partial charge on any atom is -0.493 e. The lowest BCUT2D eigenvalue weighted by Gasteiger charge is -2.39. The van der Waals surface area contributed by atoms with Gasteiger partial charge in [0, 0.05) is 0 Å². The highest BCUT2D eigenvalue weighted by molar-refractivity contribution is 5.53. The van der Waals surface area contributed by atoms with Crippen molar-refractivity contribution in [2.24, 2.45) is 0 Å². The van der Waals surface area contributed by atoms with E-state index in [-0.39, 0.29) is 5.75 Å². The molecule has 1 aromatic rings. The van der Waals surface area contributed by atoms with E-state index < -0.39 is 37.3 Å². The number of methoxy groups -OCH3 is 2. The zero-order valence-electron chi connectivity index (χ0n) is 13.2. The molecule has 0 saturated carbocycles. The Morgan fingerprint density at radius 2 is 1.65 bits per heavy atom. The Kier molecular flexibility index (Phi) is 5.66. The SMILES string of the molecule is COc1cc(C)cc(O[C@H]2O[C@H](CO)[C@@H](O)[C@H](O)[C@H]2O)c1OC. The van der Waals surface area contributed by atoms with Crippen LogP contribution < -0.4 is 14.2 Å². The van der Waals surface area contributed by atoms with Crippen LogP contribution in [0.15, 0.2) is 12.1 Å². The third-order valence-electron chi connectivity index (χ3n) is 3.68. The Morgan fingerprint density at radius 1 is 1.00 bits per heavy atom. The second-order valence-electron chi connectivity index (χ2n) is 5.31. The van der Waals surface area contributed by atoms with Gasteiger partial charge in [0.15, 0.2) is 11.5 Å². The third kappa shape index (κ3) is 3.51. The highest BCUT2D eigenvalue weighted by atomic mass is 16.7. The first-order chi connectivity index (χ1) is 10.9. The molecule has 1 aliphatic heterocycles. The van der Waals surface area contributed by atoms with E-state index in [1.54, 1.807) is 12.1 Å². The number of ether oxygens (including phenoxy) is 4. The van der Waals surface area contributed by atoms with Gasteiger partial charge in [0.05, 0.1) is 20.8 Å². The molecular formula is C15H22O8. The van der Waals surface area contributed by atoms with Crippen LogP contribution in [0.1, 0.15) is 5.56 Å². The lowest BCUT2D eigenvalue weighted by molar-refractivity contribution is -0.277. The van der Waals surface area contributed by atoms with Crippen molar-refractivity contribution >= 4 is 0 Å². The summed E-state index contributed by atoms with van der Waals surface area (Å²) >= 11 is 0. The number of aliphatic hydroxyl groups is 4. The van der Waals surface area contributed by atoms with E-state index in [0.29, 0.717) is 11.5 Å². The predicted molar refractivity (Wildman–Crippen MR) is 78.7 cm³/mol. The number of aliphatic hydroxyl groups excluding tert-OH is 4. The van der Waals surface area contributed by atoms with E-state index in [0.717, 1.165) is 5.56 Å². The zero-order chi connectivity index (χ0) is 17.1. The van der Waals surface area contributed by atoms with E-state index in [9.17, 15) is 20.4 Å². The van der Waals surface area contributed by atoms with E-state index in [1.165, 1.54) is 14.2 Å². The van der Waals surface area contributed by atoms with Gasteiger partial charge in [-0.25, -0.2) is 0 Å². The van der Waals surface area contributed by atoms with Crippen molar-refractivity contribution < 1.29 is 39.4 Å². The minimum absolute atomic E-state index is 0.244. The van der Waals surface area contributed by atoms with Crippen LogP contribution in [0.3, 0.4) is 0 Å². The Labute approximate surface area is 133 Å². The molecule has 8 nitrogen and oxygen atoms in total. The van der Waals surface area contributed by atoms with E-state index in [1.807, 2.05) is 6.92 Å². The first-order valence-corrected chi connectivity index (χ1v) is 7.12. The molecule has 130 valence electrons. The second kappa shape index (κ2) is 7.33. The van der Waals surface area contributed by atoms with Crippen molar-refractivity contribution in [1.29, 1.82) is 0 Å². The molecule has 1 aromatic carbocycles. The molecule has 0 aliphatic carbocycles. The van der Waals surface area contributed by atoms with E-state index >= 15 is 0 Å². The van der Waals surface area contributed by atoms with Gasteiger partial charge >= 0.3 is 0 Å². The zero-order valence-corrected chi connectivity index (χ0v) is 13.2. The molecule has 1 saturated heterocycles. The Morgan fingerprint density at radius 3 is 2.22 bits per heavy atom. The molecule has 1 fully saturated rings. The minimum atomic E-state index is -1.51. The summed E-state index contributed by atoms with van der Waals surface area (Å²) in [4.78, 5) is 0. The van der Waals surface area contributed by atoms with Crippen LogP contribution in [0.4, 0.5) is 0 Å². The Balaban J connectivity index is 2.29. The Hall–Kier alpha value is -1.58. The number of hydrogen-bond acceptors (Lipinski definition) is 8. The molecule has 0 amide bonds. The van der Waals surface area contributed by atoms with Crippen molar-refractivity contribution in [3.05, 3.63) is 17.7 Å². The third-order valence-corrected chi connectivity index (χ3v) is 3.68. The fourth-order valence-corrected chi connectivity index (χ4v) is 2.44. The fraction of sp³-hybridized carbons (Fsp3) is 0.600. The molecule has 1 heterocycles. The molecule has 4 N–H and O–H groups in total. The van der Waals surface area contributed by atoms with Gasteiger partial charge in [-0.15, -0.1) is 0 Å². The molecule has 5 atom stereocenters. The molecule has 1 aliphatic rings.